The number of carboxylic acid groups (broad SMARTS) is 2. The van der Waals surface area contributed by atoms with Crippen LogP contribution in [0.4, 0.5) is 0 Å². The predicted octanol–water partition coefficient (Wildman–Crippen LogP) is 3.03. The molecule has 0 radical (unpaired) electrons. The zero-order chi connectivity index (χ0) is 20.7. The molecule has 0 saturated heterocycles. The van der Waals surface area contributed by atoms with Crippen LogP contribution in [0.3, 0.4) is 0 Å². The summed E-state index contributed by atoms with van der Waals surface area (Å²) in [5.41, 5.74) is 1.36. The van der Waals surface area contributed by atoms with Gasteiger partial charge in [0.15, 0.2) is 0 Å². The van der Waals surface area contributed by atoms with Crippen LogP contribution < -0.4 is 0 Å². The number of rotatable bonds is 6. The molecular formula is C21H13N3O4. The largest absolute Gasteiger partial charge is 0.481 e. The Kier molecular flexibility index (Phi) is 6.26. The number of allylic oxidation sites excluding steroid dienone is 2. The number of nitriles is 3. The zero-order valence-electron chi connectivity index (χ0n) is 14.4. The average Bonchev–Trinajstić information content (AvgIpc) is 2.70. The highest BCUT2D eigenvalue weighted by Gasteiger charge is 2.36. The van der Waals surface area contributed by atoms with Crippen molar-refractivity contribution in [2.45, 2.75) is 11.8 Å². The van der Waals surface area contributed by atoms with Crippen molar-refractivity contribution >= 4 is 17.5 Å². The lowest BCUT2D eigenvalue weighted by Gasteiger charge is -2.21. The van der Waals surface area contributed by atoms with Gasteiger partial charge in [0.2, 0.25) is 0 Å². The molecule has 136 valence electrons. The Morgan fingerprint density at radius 1 is 0.821 bits per heavy atom. The SMILES string of the molecule is N#CC=C(C#N)c1ccc(C(C(=O)O)C(C(=O)O)c2ccc(C#N)cc2)cc1. The fraction of sp³-hybridized carbons (Fsp3) is 0.0952. The van der Waals surface area contributed by atoms with Crippen molar-refractivity contribution in [2.24, 2.45) is 0 Å². The summed E-state index contributed by atoms with van der Waals surface area (Å²) in [6, 6.07) is 17.0. The molecule has 0 heterocycles. The third-order valence-corrected chi connectivity index (χ3v) is 4.17. The molecule has 28 heavy (non-hydrogen) atoms. The molecule has 0 aliphatic rings. The van der Waals surface area contributed by atoms with E-state index in [1.165, 1.54) is 48.5 Å². The number of carbonyl (C=O) groups is 2. The first-order chi connectivity index (χ1) is 13.4. The van der Waals surface area contributed by atoms with Gasteiger partial charge in [-0.15, -0.1) is 0 Å². The summed E-state index contributed by atoms with van der Waals surface area (Å²) < 4.78 is 0. The Morgan fingerprint density at radius 3 is 1.64 bits per heavy atom. The van der Waals surface area contributed by atoms with E-state index in [1.54, 1.807) is 6.07 Å². The fourth-order valence-electron chi connectivity index (χ4n) is 2.83. The van der Waals surface area contributed by atoms with E-state index in [2.05, 4.69) is 0 Å². The number of nitrogens with zero attached hydrogens (tertiary/aromatic N) is 3. The molecule has 2 atom stereocenters. The molecule has 2 aromatic carbocycles. The van der Waals surface area contributed by atoms with Crippen LogP contribution in [0.2, 0.25) is 0 Å². The minimum absolute atomic E-state index is 0.114. The third kappa shape index (κ3) is 4.22. The molecule has 0 aromatic heterocycles. The Hall–Kier alpha value is -4.41. The van der Waals surface area contributed by atoms with Crippen LogP contribution in [-0.4, -0.2) is 22.2 Å². The molecule has 2 unspecified atom stereocenters. The van der Waals surface area contributed by atoms with Gasteiger partial charge in [0.05, 0.1) is 35.1 Å². The lowest BCUT2D eigenvalue weighted by molar-refractivity contribution is -0.147. The first-order valence-corrected chi connectivity index (χ1v) is 7.98. The summed E-state index contributed by atoms with van der Waals surface area (Å²) >= 11 is 0. The van der Waals surface area contributed by atoms with Gasteiger partial charge in [-0.3, -0.25) is 9.59 Å². The monoisotopic (exact) mass is 371 g/mol. The predicted molar refractivity (Wildman–Crippen MR) is 97.6 cm³/mol. The first-order valence-electron chi connectivity index (χ1n) is 7.98. The van der Waals surface area contributed by atoms with Gasteiger partial charge in [-0.1, -0.05) is 36.4 Å². The van der Waals surface area contributed by atoms with Gasteiger partial charge < -0.3 is 10.2 Å². The van der Waals surface area contributed by atoms with Gasteiger partial charge in [-0.05, 0) is 28.8 Å². The summed E-state index contributed by atoms with van der Waals surface area (Å²) in [5, 5.41) is 46.0. The summed E-state index contributed by atoms with van der Waals surface area (Å²) in [7, 11) is 0. The smallest absolute Gasteiger partial charge is 0.312 e. The highest BCUT2D eigenvalue weighted by Crippen LogP contribution is 2.34. The molecule has 2 aromatic rings. The van der Waals surface area contributed by atoms with Gasteiger partial charge >= 0.3 is 11.9 Å². The van der Waals surface area contributed by atoms with E-state index in [0.29, 0.717) is 11.1 Å². The number of hydrogen-bond donors (Lipinski definition) is 2. The van der Waals surface area contributed by atoms with Gasteiger partial charge in [0, 0.05) is 6.08 Å². The summed E-state index contributed by atoms with van der Waals surface area (Å²) in [6.45, 7) is 0. The maximum absolute atomic E-state index is 11.9. The second-order valence-corrected chi connectivity index (χ2v) is 5.79. The second kappa shape index (κ2) is 8.80. The number of hydrogen-bond acceptors (Lipinski definition) is 5. The van der Waals surface area contributed by atoms with E-state index in [0.717, 1.165) is 6.08 Å². The second-order valence-electron chi connectivity index (χ2n) is 5.79. The standard InChI is InChI=1S/C21H13N3O4/c22-10-9-17(12-24)14-5-7-16(8-6-14)19(21(27)28)18(20(25)26)15-3-1-13(11-23)2-4-15/h1-9,18-19H,(H,25,26)(H,27,28). The van der Waals surface area contributed by atoms with Crippen molar-refractivity contribution in [2.75, 3.05) is 0 Å². The quantitative estimate of drug-likeness (QED) is 0.742. The molecule has 0 aliphatic carbocycles. The summed E-state index contributed by atoms with van der Waals surface area (Å²) in [5.74, 6) is -5.40. The van der Waals surface area contributed by atoms with Crippen molar-refractivity contribution in [3.63, 3.8) is 0 Å². The summed E-state index contributed by atoms with van der Waals surface area (Å²) in [6.07, 6.45) is 1.07. The molecule has 0 spiro atoms. The van der Waals surface area contributed by atoms with Gasteiger partial charge in [-0.25, -0.2) is 0 Å². The van der Waals surface area contributed by atoms with Crippen molar-refractivity contribution in [3.8, 4) is 18.2 Å². The van der Waals surface area contributed by atoms with Crippen LogP contribution in [0.15, 0.2) is 54.6 Å². The summed E-state index contributed by atoms with van der Waals surface area (Å²) in [4.78, 5) is 23.8. The molecule has 0 bridgehead atoms. The molecule has 0 saturated carbocycles. The topological polar surface area (TPSA) is 146 Å². The molecule has 0 aliphatic heterocycles. The van der Waals surface area contributed by atoms with E-state index >= 15 is 0 Å². The molecule has 0 fully saturated rings. The number of aliphatic carboxylic acids is 2. The maximum Gasteiger partial charge on any atom is 0.312 e. The molecule has 2 rings (SSSR count). The molecule has 7 heteroatoms. The zero-order valence-corrected chi connectivity index (χ0v) is 14.4. The van der Waals surface area contributed by atoms with Crippen molar-refractivity contribution in [1.29, 1.82) is 15.8 Å². The van der Waals surface area contributed by atoms with Crippen LogP contribution >= 0.6 is 0 Å². The highest BCUT2D eigenvalue weighted by molar-refractivity contribution is 5.88. The Bertz CT molecular complexity index is 1050. The maximum atomic E-state index is 11.9. The Morgan fingerprint density at radius 2 is 1.29 bits per heavy atom. The lowest BCUT2D eigenvalue weighted by atomic mass is 9.81. The van der Waals surface area contributed by atoms with Crippen molar-refractivity contribution in [1.82, 2.24) is 0 Å². The van der Waals surface area contributed by atoms with Crippen molar-refractivity contribution in [3.05, 3.63) is 76.9 Å². The van der Waals surface area contributed by atoms with E-state index in [4.69, 9.17) is 15.8 Å². The number of benzene rings is 2. The minimum atomic E-state index is -1.38. The average molecular weight is 371 g/mol. The van der Waals surface area contributed by atoms with Gasteiger partial charge in [0.1, 0.15) is 6.07 Å². The van der Waals surface area contributed by atoms with Crippen LogP contribution in [-0.2, 0) is 9.59 Å². The molecule has 0 amide bonds. The molecule has 2 N–H and O–H groups in total. The normalized spacial score (nSPS) is 12.7. The third-order valence-electron chi connectivity index (χ3n) is 4.17. The van der Waals surface area contributed by atoms with E-state index in [9.17, 15) is 19.8 Å². The van der Waals surface area contributed by atoms with Crippen LogP contribution in [0.1, 0.15) is 34.1 Å². The van der Waals surface area contributed by atoms with Gasteiger partial charge in [-0.2, -0.15) is 15.8 Å². The highest BCUT2D eigenvalue weighted by atomic mass is 16.4. The van der Waals surface area contributed by atoms with E-state index < -0.39 is 23.8 Å². The van der Waals surface area contributed by atoms with E-state index in [1.807, 2.05) is 12.1 Å². The fourth-order valence-corrected chi connectivity index (χ4v) is 2.83. The Balaban J connectivity index is 2.50. The first kappa shape index (κ1) is 19.9. The minimum Gasteiger partial charge on any atom is -0.481 e. The van der Waals surface area contributed by atoms with Crippen LogP contribution in [0.25, 0.3) is 5.57 Å². The lowest BCUT2D eigenvalue weighted by Crippen LogP contribution is -2.26. The van der Waals surface area contributed by atoms with Crippen LogP contribution in [0.5, 0.6) is 0 Å². The van der Waals surface area contributed by atoms with Crippen molar-refractivity contribution < 1.29 is 19.8 Å². The van der Waals surface area contributed by atoms with Crippen LogP contribution in [0, 0.1) is 34.0 Å². The number of carboxylic acids is 2. The van der Waals surface area contributed by atoms with Gasteiger partial charge in [0.25, 0.3) is 0 Å². The molecule has 7 nitrogen and oxygen atoms in total. The van der Waals surface area contributed by atoms with E-state index in [-0.39, 0.29) is 16.7 Å². The molecular weight excluding hydrogens is 358 g/mol. The Labute approximate surface area is 160 Å².